The topological polar surface area (TPSA) is 13.0 Å². The van der Waals surface area contributed by atoms with Crippen molar-refractivity contribution in [3.63, 3.8) is 0 Å². The van der Waals surface area contributed by atoms with Crippen LogP contribution in [0, 0.1) is 5.92 Å². The van der Waals surface area contributed by atoms with Gasteiger partial charge in [-0.1, -0.05) is 34.6 Å². The zero-order valence-electron chi connectivity index (χ0n) is 20.4. The third-order valence-corrected chi connectivity index (χ3v) is 6.75. The van der Waals surface area contributed by atoms with Crippen LogP contribution in [0.2, 0.25) is 0 Å². The highest BCUT2D eigenvalue weighted by Crippen LogP contribution is 2.23. The molecule has 3 rings (SSSR count). The van der Waals surface area contributed by atoms with Gasteiger partial charge in [0.2, 0.25) is 0 Å². The van der Waals surface area contributed by atoms with Gasteiger partial charge in [0.1, 0.15) is 0 Å². The van der Waals surface area contributed by atoms with Crippen LogP contribution in [0.15, 0.2) is 0 Å². The van der Waals surface area contributed by atoms with Gasteiger partial charge in [0.25, 0.3) is 0 Å². The Morgan fingerprint density at radius 1 is 0.750 bits per heavy atom. The molecule has 3 heterocycles. The lowest BCUT2D eigenvalue weighted by Crippen LogP contribution is -2.55. The van der Waals surface area contributed by atoms with E-state index in [4.69, 9.17) is 0 Å². The van der Waals surface area contributed by atoms with E-state index in [2.05, 4.69) is 40.4 Å². The largest absolute Gasteiger partial charge is 0.302 e. The quantitative estimate of drug-likeness (QED) is 0.688. The zero-order chi connectivity index (χ0) is 20.9. The Balaban J connectivity index is 0.000000921. The maximum absolute atomic E-state index is 2.80. The fourth-order valence-corrected chi connectivity index (χ4v) is 4.96. The van der Waals surface area contributed by atoms with Crippen molar-refractivity contribution >= 4 is 0 Å². The van der Waals surface area contributed by atoms with Crippen LogP contribution in [0.5, 0.6) is 0 Å². The molecule has 1 atom stereocenters. The molecule has 3 aliphatic heterocycles. The van der Waals surface area contributed by atoms with E-state index in [0.29, 0.717) is 0 Å². The summed E-state index contributed by atoms with van der Waals surface area (Å²) in [6.07, 6.45) is 5.65. The average molecular weight is 397 g/mol. The van der Waals surface area contributed by atoms with Gasteiger partial charge in [-0.25, -0.2) is 0 Å². The molecule has 4 heteroatoms. The molecule has 0 saturated carbocycles. The predicted molar refractivity (Wildman–Crippen MR) is 125 cm³/mol. The molecule has 0 bridgehead atoms. The van der Waals surface area contributed by atoms with Crippen LogP contribution in [0.4, 0.5) is 0 Å². The van der Waals surface area contributed by atoms with Gasteiger partial charge in [-0.05, 0) is 71.6 Å². The summed E-state index contributed by atoms with van der Waals surface area (Å²) in [6.45, 7) is 28.0. The Morgan fingerprint density at radius 2 is 1.36 bits per heavy atom. The first-order chi connectivity index (χ1) is 13.7. The second-order valence-corrected chi connectivity index (χ2v) is 8.60. The molecule has 0 N–H and O–H groups in total. The minimum atomic E-state index is 0.729. The van der Waals surface area contributed by atoms with Crippen molar-refractivity contribution in [1.29, 1.82) is 0 Å². The molecule has 0 aliphatic carbocycles. The number of likely N-dealkylation sites (N-methyl/N-ethyl adjacent to an activating group) is 1. The highest BCUT2D eigenvalue weighted by molar-refractivity contribution is 4.86. The molecule has 0 aromatic carbocycles. The van der Waals surface area contributed by atoms with Crippen molar-refractivity contribution in [2.24, 2.45) is 5.92 Å². The van der Waals surface area contributed by atoms with Crippen molar-refractivity contribution < 1.29 is 0 Å². The number of nitrogens with zero attached hydrogens (tertiary/aromatic N) is 4. The maximum Gasteiger partial charge on any atom is 0.0224 e. The lowest BCUT2D eigenvalue weighted by atomic mass is 9.94. The normalized spacial score (nSPS) is 26.4. The third-order valence-electron chi connectivity index (χ3n) is 6.75. The van der Waals surface area contributed by atoms with E-state index in [1.165, 1.54) is 91.1 Å². The number of hydrogen-bond acceptors (Lipinski definition) is 4. The molecule has 0 aromatic heterocycles. The van der Waals surface area contributed by atoms with E-state index in [9.17, 15) is 0 Å². The van der Waals surface area contributed by atoms with Crippen molar-refractivity contribution in [3.05, 3.63) is 0 Å². The van der Waals surface area contributed by atoms with Crippen molar-refractivity contribution in [3.8, 4) is 0 Å². The molecule has 0 aromatic rings. The summed E-state index contributed by atoms with van der Waals surface area (Å²) in [5.74, 6) is 0.940. The first-order valence-corrected chi connectivity index (χ1v) is 12.6. The summed E-state index contributed by atoms with van der Waals surface area (Å²) in [6, 6.07) is 1.56. The summed E-state index contributed by atoms with van der Waals surface area (Å²) in [7, 11) is 0. The Labute approximate surface area is 177 Å². The predicted octanol–water partition coefficient (Wildman–Crippen LogP) is 4.26. The fourth-order valence-electron chi connectivity index (χ4n) is 4.96. The lowest BCUT2D eigenvalue weighted by Gasteiger charge is -2.44. The molecule has 1 unspecified atom stereocenters. The van der Waals surface area contributed by atoms with Crippen molar-refractivity contribution in [2.45, 2.75) is 86.2 Å². The Morgan fingerprint density at radius 3 is 1.89 bits per heavy atom. The van der Waals surface area contributed by atoms with E-state index in [-0.39, 0.29) is 0 Å². The number of likely N-dealkylation sites (tertiary alicyclic amines) is 2. The smallest absolute Gasteiger partial charge is 0.0224 e. The summed E-state index contributed by atoms with van der Waals surface area (Å²) < 4.78 is 0. The Kier molecular flexibility index (Phi) is 13.6. The van der Waals surface area contributed by atoms with E-state index < -0.39 is 0 Å². The van der Waals surface area contributed by atoms with Gasteiger partial charge in [-0.2, -0.15) is 0 Å². The van der Waals surface area contributed by atoms with Crippen LogP contribution in [0.3, 0.4) is 0 Å². The van der Waals surface area contributed by atoms with E-state index >= 15 is 0 Å². The monoisotopic (exact) mass is 396 g/mol. The van der Waals surface area contributed by atoms with Crippen LogP contribution in [-0.4, -0.2) is 97.1 Å². The standard InChI is InChI=1S/C20H40N4.2C2H6/c1-4-21-12-14-24(15-13-21)20-6-5-9-22(17-20)16-19-7-10-23(11-8-19)18(2)3;2*1-2/h18-20H,4-17H2,1-3H3;2*1-2H3. The number of hydrogen-bond donors (Lipinski definition) is 0. The highest BCUT2D eigenvalue weighted by atomic mass is 15.3. The van der Waals surface area contributed by atoms with Crippen LogP contribution in [0.25, 0.3) is 0 Å². The summed E-state index contributed by atoms with van der Waals surface area (Å²) in [5, 5.41) is 0. The molecule has 3 fully saturated rings. The molecule has 0 radical (unpaired) electrons. The minimum Gasteiger partial charge on any atom is -0.302 e. The zero-order valence-corrected chi connectivity index (χ0v) is 20.4. The van der Waals surface area contributed by atoms with Crippen LogP contribution < -0.4 is 0 Å². The number of piperidine rings is 2. The van der Waals surface area contributed by atoms with Gasteiger partial charge in [0.05, 0.1) is 0 Å². The first-order valence-electron chi connectivity index (χ1n) is 12.6. The molecule has 168 valence electrons. The molecule has 0 spiro atoms. The van der Waals surface area contributed by atoms with Gasteiger partial charge in [0.15, 0.2) is 0 Å². The van der Waals surface area contributed by atoms with E-state index in [0.717, 1.165) is 18.0 Å². The molecule has 4 nitrogen and oxygen atoms in total. The van der Waals surface area contributed by atoms with Gasteiger partial charge in [-0.3, -0.25) is 4.90 Å². The number of piperazine rings is 1. The molecule has 3 aliphatic rings. The molecule has 28 heavy (non-hydrogen) atoms. The molecular weight excluding hydrogens is 344 g/mol. The van der Waals surface area contributed by atoms with Gasteiger partial charge >= 0.3 is 0 Å². The second-order valence-electron chi connectivity index (χ2n) is 8.60. The summed E-state index contributed by atoms with van der Waals surface area (Å²) >= 11 is 0. The van der Waals surface area contributed by atoms with Gasteiger partial charge < -0.3 is 14.7 Å². The van der Waals surface area contributed by atoms with Crippen LogP contribution in [0.1, 0.15) is 74.1 Å². The molecule has 3 saturated heterocycles. The molecule has 0 amide bonds. The first kappa shape index (κ1) is 25.9. The minimum absolute atomic E-state index is 0.729. The maximum atomic E-state index is 2.80. The van der Waals surface area contributed by atoms with Crippen LogP contribution in [-0.2, 0) is 0 Å². The second kappa shape index (κ2) is 14.8. The number of rotatable bonds is 5. The van der Waals surface area contributed by atoms with Crippen molar-refractivity contribution in [2.75, 3.05) is 65.4 Å². The van der Waals surface area contributed by atoms with Gasteiger partial charge in [0, 0.05) is 51.4 Å². The Hall–Kier alpha value is -0.160. The van der Waals surface area contributed by atoms with Crippen molar-refractivity contribution in [1.82, 2.24) is 19.6 Å². The van der Waals surface area contributed by atoms with E-state index in [1.807, 2.05) is 27.7 Å². The van der Waals surface area contributed by atoms with Gasteiger partial charge in [-0.15, -0.1) is 0 Å². The van der Waals surface area contributed by atoms with E-state index in [1.54, 1.807) is 0 Å². The summed E-state index contributed by atoms with van der Waals surface area (Å²) in [4.78, 5) is 10.8. The summed E-state index contributed by atoms with van der Waals surface area (Å²) in [5.41, 5.74) is 0. The van der Waals surface area contributed by atoms with Crippen LogP contribution >= 0.6 is 0 Å². The molecular formula is C24H52N4. The average Bonchev–Trinajstić information content (AvgIpc) is 2.77. The third kappa shape index (κ3) is 8.30. The Bertz CT molecular complexity index is 358. The highest BCUT2D eigenvalue weighted by Gasteiger charge is 2.29. The SMILES string of the molecule is CC.CC.CCN1CCN(C2CCCN(CC3CCN(C(C)C)CC3)C2)CC1. The fraction of sp³-hybridized carbons (Fsp3) is 1.00. The lowest BCUT2D eigenvalue weighted by molar-refractivity contribution is 0.0423.